The molecule has 1 fully saturated rings. The lowest BCUT2D eigenvalue weighted by Gasteiger charge is -2.24. The molecule has 26 heavy (non-hydrogen) atoms. The molecule has 2 aliphatic rings. The van der Waals surface area contributed by atoms with E-state index in [4.69, 9.17) is 6.42 Å². The van der Waals surface area contributed by atoms with Crippen LogP contribution in [-0.4, -0.2) is 32.6 Å². The zero-order valence-electron chi connectivity index (χ0n) is 14.4. The lowest BCUT2D eigenvalue weighted by molar-refractivity contribution is 0.378. The number of terminal acetylenes is 1. The van der Waals surface area contributed by atoms with Crippen molar-refractivity contribution >= 4 is 16.6 Å². The van der Waals surface area contributed by atoms with Gasteiger partial charge in [-0.05, 0) is 43.0 Å². The molecular formula is C21H19N5. The smallest absolute Gasteiger partial charge is 0.131 e. The van der Waals surface area contributed by atoms with Gasteiger partial charge in [0.05, 0.1) is 34.9 Å². The van der Waals surface area contributed by atoms with Gasteiger partial charge < -0.3 is 9.88 Å². The van der Waals surface area contributed by atoms with Crippen LogP contribution in [0.15, 0.2) is 36.8 Å². The fourth-order valence-electron chi connectivity index (χ4n) is 3.95. The number of piperidine rings is 1. The van der Waals surface area contributed by atoms with Crippen molar-refractivity contribution < 1.29 is 0 Å². The van der Waals surface area contributed by atoms with Crippen LogP contribution < -0.4 is 5.32 Å². The lowest BCUT2D eigenvalue weighted by Crippen LogP contribution is -2.31. The lowest BCUT2D eigenvalue weighted by atomic mass is 10.0. The van der Waals surface area contributed by atoms with Crippen LogP contribution in [0.3, 0.4) is 0 Å². The number of aromatic nitrogens is 4. The molecule has 3 aromatic rings. The molecule has 5 heteroatoms. The minimum Gasteiger partial charge on any atom is -0.326 e. The van der Waals surface area contributed by atoms with Crippen molar-refractivity contribution in [1.82, 2.24) is 24.8 Å². The van der Waals surface area contributed by atoms with Crippen LogP contribution in [0.4, 0.5) is 0 Å². The second-order valence-electron chi connectivity index (χ2n) is 6.87. The van der Waals surface area contributed by atoms with Crippen molar-refractivity contribution in [3.8, 4) is 12.3 Å². The molecule has 1 atom stereocenters. The summed E-state index contributed by atoms with van der Waals surface area (Å²) in [4.78, 5) is 13.7. The topological polar surface area (TPSA) is 55.6 Å². The number of allylic oxidation sites excluding steroid dienone is 1. The van der Waals surface area contributed by atoms with E-state index in [9.17, 15) is 0 Å². The van der Waals surface area contributed by atoms with Gasteiger partial charge in [0.1, 0.15) is 5.69 Å². The summed E-state index contributed by atoms with van der Waals surface area (Å²) in [5, 5.41) is 3.49. The summed E-state index contributed by atoms with van der Waals surface area (Å²) in [6.07, 6.45) is 14.5. The van der Waals surface area contributed by atoms with Crippen molar-refractivity contribution in [3.63, 3.8) is 0 Å². The molecule has 5 nitrogen and oxygen atoms in total. The van der Waals surface area contributed by atoms with Gasteiger partial charge in [-0.25, -0.2) is 9.97 Å². The van der Waals surface area contributed by atoms with Gasteiger partial charge in [0.15, 0.2) is 0 Å². The first-order valence-corrected chi connectivity index (χ1v) is 9.04. The van der Waals surface area contributed by atoms with Crippen LogP contribution in [0.2, 0.25) is 0 Å². The Hall–Kier alpha value is -2.97. The van der Waals surface area contributed by atoms with Gasteiger partial charge in [-0.3, -0.25) is 4.98 Å². The standard InChI is InChI=1S/C21H19N5/c1-2-15-11-23-19-8-6-17(21(19)25-15)14-5-7-18-20(10-14)26(13-24-18)16-4-3-9-22-12-16/h1,5-7,10-11,13,16,22H,3-4,8-9,12H2. The number of hydrogen-bond donors (Lipinski definition) is 1. The second kappa shape index (κ2) is 6.08. The van der Waals surface area contributed by atoms with Crippen LogP contribution >= 0.6 is 0 Å². The maximum atomic E-state index is 5.50. The molecule has 1 aliphatic carbocycles. The molecule has 128 valence electrons. The number of imidazole rings is 1. The van der Waals surface area contributed by atoms with E-state index in [0.717, 1.165) is 47.6 Å². The van der Waals surface area contributed by atoms with Gasteiger partial charge in [0.25, 0.3) is 0 Å². The van der Waals surface area contributed by atoms with Crippen LogP contribution in [0.1, 0.15) is 41.5 Å². The van der Waals surface area contributed by atoms with Gasteiger partial charge >= 0.3 is 0 Å². The minimum absolute atomic E-state index is 0.460. The third-order valence-electron chi connectivity index (χ3n) is 5.30. The average Bonchev–Trinajstić information content (AvgIpc) is 3.31. The Bertz CT molecular complexity index is 1060. The molecule has 0 saturated carbocycles. The van der Waals surface area contributed by atoms with Crippen LogP contribution in [0.25, 0.3) is 16.6 Å². The maximum Gasteiger partial charge on any atom is 0.131 e. The largest absolute Gasteiger partial charge is 0.326 e. The first kappa shape index (κ1) is 15.3. The van der Waals surface area contributed by atoms with Gasteiger partial charge in [-0.15, -0.1) is 6.42 Å². The van der Waals surface area contributed by atoms with Crippen molar-refractivity contribution in [2.24, 2.45) is 0 Å². The molecule has 1 aromatic carbocycles. The average molecular weight is 341 g/mol. The molecule has 1 unspecified atom stereocenters. The molecule has 1 N–H and O–H groups in total. The number of rotatable bonds is 2. The first-order chi connectivity index (χ1) is 12.8. The van der Waals surface area contributed by atoms with Crippen LogP contribution in [0.5, 0.6) is 0 Å². The van der Waals surface area contributed by atoms with Crippen molar-refractivity contribution in [1.29, 1.82) is 0 Å². The Morgan fingerprint density at radius 3 is 3.08 bits per heavy atom. The molecule has 1 aliphatic heterocycles. The van der Waals surface area contributed by atoms with Crippen molar-refractivity contribution in [2.75, 3.05) is 13.1 Å². The number of fused-ring (bicyclic) bond motifs is 2. The Balaban J connectivity index is 1.58. The highest BCUT2D eigenvalue weighted by Gasteiger charge is 2.21. The highest BCUT2D eigenvalue weighted by atomic mass is 15.1. The van der Waals surface area contributed by atoms with Gasteiger partial charge in [0, 0.05) is 24.6 Å². The quantitative estimate of drug-likeness (QED) is 0.728. The summed E-state index contributed by atoms with van der Waals surface area (Å²) in [6.45, 7) is 2.10. The monoisotopic (exact) mass is 341 g/mol. The fourth-order valence-corrected chi connectivity index (χ4v) is 3.95. The van der Waals surface area contributed by atoms with E-state index in [1.54, 1.807) is 6.20 Å². The highest BCUT2D eigenvalue weighted by molar-refractivity contribution is 5.87. The summed E-state index contributed by atoms with van der Waals surface area (Å²) in [6, 6.07) is 6.89. The van der Waals surface area contributed by atoms with Crippen molar-refractivity contribution in [2.45, 2.75) is 25.3 Å². The molecule has 2 aromatic heterocycles. The van der Waals surface area contributed by atoms with E-state index in [2.05, 4.69) is 55.0 Å². The zero-order valence-corrected chi connectivity index (χ0v) is 14.4. The number of benzene rings is 1. The maximum absolute atomic E-state index is 5.50. The van der Waals surface area contributed by atoms with E-state index < -0.39 is 0 Å². The van der Waals surface area contributed by atoms with E-state index in [0.29, 0.717) is 11.7 Å². The Morgan fingerprint density at radius 1 is 1.27 bits per heavy atom. The molecule has 0 bridgehead atoms. The molecule has 0 radical (unpaired) electrons. The molecule has 0 amide bonds. The minimum atomic E-state index is 0.460. The summed E-state index contributed by atoms with van der Waals surface area (Å²) in [7, 11) is 0. The SMILES string of the molecule is C#Cc1cnc2c(n1)C(c1ccc3ncn(C4CCCNC4)c3c1)=CC2. The van der Waals surface area contributed by atoms with Crippen molar-refractivity contribution in [3.05, 3.63) is 59.4 Å². The van der Waals surface area contributed by atoms with Gasteiger partial charge in [-0.2, -0.15) is 0 Å². The van der Waals surface area contributed by atoms with E-state index >= 15 is 0 Å². The Morgan fingerprint density at radius 2 is 2.23 bits per heavy atom. The molecule has 3 heterocycles. The van der Waals surface area contributed by atoms with E-state index in [-0.39, 0.29) is 0 Å². The third kappa shape index (κ3) is 2.42. The summed E-state index contributed by atoms with van der Waals surface area (Å²) >= 11 is 0. The molecule has 1 saturated heterocycles. The van der Waals surface area contributed by atoms with Crippen LogP contribution in [-0.2, 0) is 6.42 Å². The first-order valence-electron chi connectivity index (χ1n) is 9.04. The van der Waals surface area contributed by atoms with Crippen LogP contribution in [0, 0.1) is 12.3 Å². The normalized spacial score (nSPS) is 19.2. The second-order valence-corrected chi connectivity index (χ2v) is 6.87. The third-order valence-corrected chi connectivity index (χ3v) is 5.30. The summed E-state index contributed by atoms with van der Waals surface area (Å²) < 4.78 is 2.31. The predicted molar refractivity (Wildman–Crippen MR) is 102 cm³/mol. The zero-order chi connectivity index (χ0) is 17.5. The Labute approximate surface area is 152 Å². The molecule has 0 spiro atoms. The number of hydrogen-bond acceptors (Lipinski definition) is 4. The van der Waals surface area contributed by atoms with Gasteiger partial charge in [0.2, 0.25) is 0 Å². The fraction of sp³-hybridized carbons (Fsp3) is 0.286. The Kier molecular flexibility index (Phi) is 3.58. The molecular weight excluding hydrogens is 322 g/mol. The predicted octanol–water partition coefficient (Wildman–Crippen LogP) is 2.72. The van der Waals surface area contributed by atoms with Gasteiger partial charge in [-0.1, -0.05) is 12.1 Å². The van der Waals surface area contributed by atoms with E-state index in [1.807, 2.05) is 6.33 Å². The number of nitrogens with one attached hydrogen (secondary N) is 1. The van der Waals surface area contributed by atoms with E-state index in [1.165, 1.54) is 18.4 Å². The highest BCUT2D eigenvalue weighted by Crippen LogP contribution is 2.32. The summed E-state index contributed by atoms with van der Waals surface area (Å²) in [5.41, 5.74) is 6.93. The number of nitrogens with zero attached hydrogens (tertiary/aromatic N) is 4. The summed E-state index contributed by atoms with van der Waals surface area (Å²) in [5.74, 6) is 2.58. The molecule has 5 rings (SSSR count).